The Kier molecular flexibility index (Phi) is 8.29. The van der Waals surface area contributed by atoms with E-state index in [9.17, 15) is 22.8 Å². The molecule has 4 amide bonds. The first-order chi connectivity index (χ1) is 16.2. The highest BCUT2D eigenvalue weighted by Crippen LogP contribution is 2.27. The van der Waals surface area contributed by atoms with Gasteiger partial charge >= 0.3 is 6.03 Å². The Hall–Kier alpha value is -2.95. The van der Waals surface area contributed by atoms with E-state index in [0.29, 0.717) is 25.9 Å². The second-order valence-electron chi connectivity index (χ2n) is 7.73. The molecule has 0 bridgehead atoms. The Morgan fingerprint density at radius 2 is 1.79 bits per heavy atom. The maximum absolute atomic E-state index is 12.8. The highest BCUT2D eigenvalue weighted by molar-refractivity contribution is 7.89. The first-order valence-corrected chi connectivity index (χ1v) is 12.7. The van der Waals surface area contributed by atoms with Gasteiger partial charge in [0.2, 0.25) is 15.9 Å². The van der Waals surface area contributed by atoms with Crippen molar-refractivity contribution in [3.63, 3.8) is 0 Å². The molecule has 3 rings (SSSR count). The van der Waals surface area contributed by atoms with Crippen LogP contribution in [-0.2, 0) is 26.0 Å². The van der Waals surface area contributed by atoms with E-state index in [1.165, 1.54) is 22.5 Å². The smallest absolute Gasteiger partial charge is 0.325 e. The van der Waals surface area contributed by atoms with Gasteiger partial charge in [0.05, 0.1) is 15.6 Å². The van der Waals surface area contributed by atoms with Gasteiger partial charge in [0.25, 0.3) is 5.91 Å². The number of rotatable bonds is 10. The van der Waals surface area contributed by atoms with Crippen molar-refractivity contribution in [1.29, 1.82) is 0 Å². The number of imide groups is 1. The van der Waals surface area contributed by atoms with Crippen molar-refractivity contribution in [3.05, 3.63) is 59.1 Å². The summed E-state index contributed by atoms with van der Waals surface area (Å²) in [6, 6.07) is 12.2. The monoisotopic (exact) mass is 506 g/mol. The van der Waals surface area contributed by atoms with Crippen LogP contribution in [-0.4, -0.2) is 61.1 Å². The molecule has 1 aliphatic heterocycles. The van der Waals surface area contributed by atoms with Gasteiger partial charge in [-0.1, -0.05) is 55.8 Å². The van der Waals surface area contributed by atoms with E-state index < -0.39 is 40.5 Å². The first-order valence-electron chi connectivity index (χ1n) is 10.9. The Balaban J connectivity index is 1.66. The lowest BCUT2D eigenvalue weighted by Gasteiger charge is -2.19. The van der Waals surface area contributed by atoms with E-state index in [1.54, 1.807) is 13.8 Å². The van der Waals surface area contributed by atoms with Crippen LogP contribution in [0.3, 0.4) is 0 Å². The molecule has 9 nitrogen and oxygen atoms in total. The lowest BCUT2D eigenvalue weighted by atomic mass is 10.1. The van der Waals surface area contributed by atoms with E-state index in [4.69, 9.17) is 11.6 Å². The molecule has 0 aliphatic carbocycles. The summed E-state index contributed by atoms with van der Waals surface area (Å²) in [5.74, 6) is -1.16. The van der Waals surface area contributed by atoms with Crippen LogP contribution < -0.4 is 10.6 Å². The number of nitrogens with one attached hydrogen (secondary N) is 2. The summed E-state index contributed by atoms with van der Waals surface area (Å²) < 4.78 is 26.8. The standard InChI is InChI=1S/C23H27ClN4O5S/c1-3-27(4-2)34(32,33)17-11-12-18(24)20(14-17)25-21(29)15-28-22(30)19(26-23(28)31)13-10-16-8-6-5-7-9-16/h5-9,11-12,14,19H,3-4,10,13,15H2,1-2H3,(H,25,29)(H,26,31)/t19-/m0/s1. The molecule has 2 aromatic carbocycles. The molecule has 1 saturated heterocycles. The normalized spacial score (nSPS) is 16.1. The molecule has 182 valence electrons. The van der Waals surface area contributed by atoms with Crippen LogP contribution in [0.15, 0.2) is 53.4 Å². The number of halogens is 1. The van der Waals surface area contributed by atoms with Crippen LogP contribution in [0.4, 0.5) is 10.5 Å². The number of carbonyl (C=O) groups excluding carboxylic acids is 3. The lowest BCUT2D eigenvalue weighted by Crippen LogP contribution is -2.38. The second-order valence-corrected chi connectivity index (χ2v) is 10.1. The van der Waals surface area contributed by atoms with Crippen LogP contribution in [0.1, 0.15) is 25.8 Å². The molecular formula is C23H27ClN4O5S. The summed E-state index contributed by atoms with van der Waals surface area (Å²) >= 11 is 6.15. The number of benzene rings is 2. The molecule has 1 fully saturated rings. The van der Waals surface area contributed by atoms with Gasteiger partial charge in [-0.15, -0.1) is 0 Å². The maximum Gasteiger partial charge on any atom is 0.325 e. The SMILES string of the molecule is CCN(CC)S(=O)(=O)c1ccc(Cl)c(NC(=O)CN2C(=O)N[C@@H](CCc3ccccc3)C2=O)c1. The molecule has 2 N–H and O–H groups in total. The van der Waals surface area contributed by atoms with Crippen molar-refractivity contribution in [2.45, 2.75) is 37.6 Å². The van der Waals surface area contributed by atoms with Crippen LogP contribution >= 0.6 is 11.6 Å². The average molecular weight is 507 g/mol. The summed E-state index contributed by atoms with van der Waals surface area (Å²) in [6.45, 7) is 3.52. The Morgan fingerprint density at radius 1 is 1.12 bits per heavy atom. The Morgan fingerprint density at radius 3 is 2.44 bits per heavy atom. The largest absolute Gasteiger partial charge is 0.326 e. The highest BCUT2D eigenvalue weighted by Gasteiger charge is 2.38. The number of carbonyl (C=O) groups is 3. The number of anilines is 1. The third-order valence-electron chi connectivity index (χ3n) is 5.53. The fourth-order valence-corrected chi connectivity index (χ4v) is 5.33. The number of hydrogen-bond donors (Lipinski definition) is 2. The van der Waals surface area contributed by atoms with Gasteiger partial charge in [0.1, 0.15) is 12.6 Å². The molecule has 34 heavy (non-hydrogen) atoms. The number of nitrogens with zero attached hydrogens (tertiary/aromatic N) is 2. The number of aryl methyl sites for hydroxylation is 1. The molecule has 2 aromatic rings. The van der Waals surface area contributed by atoms with Crippen LogP contribution in [0.5, 0.6) is 0 Å². The lowest BCUT2D eigenvalue weighted by molar-refractivity contribution is -0.130. The maximum atomic E-state index is 12.8. The summed E-state index contributed by atoms with van der Waals surface area (Å²) in [7, 11) is -3.76. The summed E-state index contributed by atoms with van der Waals surface area (Å²) in [5.41, 5.74) is 1.11. The van der Waals surface area contributed by atoms with E-state index in [1.807, 2.05) is 30.3 Å². The zero-order valence-corrected chi connectivity index (χ0v) is 20.5. The van der Waals surface area contributed by atoms with Gasteiger partial charge in [0.15, 0.2) is 0 Å². The van der Waals surface area contributed by atoms with Crippen molar-refractivity contribution in [2.75, 3.05) is 25.0 Å². The fourth-order valence-electron chi connectivity index (χ4n) is 3.68. The number of sulfonamides is 1. The van der Waals surface area contributed by atoms with Crippen molar-refractivity contribution < 1.29 is 22.8 Å². The minimum atomic E-state index is -3.76. The molecular weight excluding hydrogens is 480 g/mol. The van der Waals surface area contributed by atoms with E-state index in [-0.39, 0.29) is 15.6 Å². The van der Waals surface area contributed by atoms with Gasteiger partial charge in [-0.05, 0) is 36.6 Å². The highest BCUT2D eigenvalue weighted by atomic mass is 35.5. The minimum Gasteiger partial charge on any atom is -0.326 e. The number of hydrogen-bond acceptors (Lipinski definition) is 5. The zero-order chi connectivity index (χ0) is 24.9. The van der Waals surface area contributed by atoms with Gasteiger partial charge in [0, 0.05) is 13.1 Å². The average Bonchev–Trinajstić information content (AvgIpc) is 3.07. The molecule has 0 aromatic heterocycles. The third kappa shape index (κ3) is 5.75. The van der Waals surface area contributed by atoms with Crippen LogP contribution in [0.2, 0.25) is 5.02 Å². The Labute approximate surface area is 204 Å². The number of amides is 4. The summed E-state index contributed by atoms with van der Waals surface area (Å²) in [6.07, 6.45) is 1.00. The molecule has 0 saturated carbocycles. The number of urea groups is 1. The van der Waals surface area contributed by atoms with Gasteiger partial charge in [-0.25, -0.2) is 13.2 Å². The van der Waals surface area contributed by atoms with Crippen molar-refractivity contribution in [2.24, 2.45) is 0 Å². The van der Waals surface area contributed by atoms with Crippen LogP contribution in [0.25, 0.3) is 0 Å². The van der Waals surface area contributed by atoms with Gasteiger partial charge < -0.3 is 10.6 Å². The molecule has 1 atom stereocenters. The molecule has 1 aliphatic rings. The predicted octanol–water partition coefficient (Wildman–Crippen LogP) is 2.86. The topological polar surface area (TPSA) is 116 Å². The zero-order valence-electron chi connectivity index (χ0n) is 19.0. The van der Waals surface area contributed by atoms with Crippen molar-refractivity contribution in [1.82, 2.24) is 14.5 Å². The molecule has 0 unspecified atom stereocenters. The second kappa shape index (κ2) is 11.0. The van der Waals surface area contributed by atoms with Gasteiger partial charge in [-0.3, -0.25) is 14.5 Å². The van der Waals surface area contributed by atoms with Gasteiger partial charge in [-0.2, -0.15) is 4.31 Å². The van der Waals surface area contributed by atoms with E-state index in [0.717, 1.165) is 10.5 Å². The Bertz CT molecular complexity index is 1170. The molecule has 11 heteroatoms. The molecule has 1 heterocycles. The predicted molar refractivity (Wildman–Crippen MR) is 129 cm³/mol. The van der Waals surface area contributed by atoms with E-state index in [2.05, 4.69) is 10.6 Å². The third-order valence-corrected chi connectivity index (χ3v) is 7.90. The molecule has 0 spiro atoms. The fraction of sp³-hybridized carbons (Fsp3) is 0.348. The molecule has 0 radical (unpaired) electrons. The van der Waals surface area contributed by atoms with E-state index >= 15 is 0 Å². The minimum absolute atomic E-state index is 0.0214. The summed E-state index contributed by atoms with van der Waals surface area (Å²) in [4.78, 5) is 38.4. The van der Waals surface area contributed by atoms with Crippen LogP contribution in [0, 0.1) is 0 Å². The van der Waals surface area contributed by atoms with Crippen molar-refractivity contribution >= 4 is 45.2 Å². The quantitative estimate of drug-likeness (QED) is 0.481. The summed E-state index contributed by atoms with van der Waals surface area (Å²) in [5, 5.41) is 5.25. The first kappa shape index (κ1) is 25.7. The van der Waals surface area contributed by atoms with Crippen molar-refractivity contribution in [3.8, 4) is 0 Å².